The molecule has 0 aromatic carbocycles. The Bertz CT molecular complexity index is 449. The molecule has 0 fully saturated rings. The van der Waals surface area contributed by atoms with Crippen LogP contribution >= 0.6 is 11.6 Å². The first-order chi connectivity index (χ1) is 6.22. The Morgan fingerprint density at radius 3 is 3.00 bits per heavy atom. The van der Waals surface area contributed by atoms with Gasteiger partial charge < -0.3 is 5.73 Å². The van der Waals surface area contributed by atoms with Gasteiger partial charge in [-0.25, -0.2) is 0 Å². The highest BCUT2D eigenvalue weighted by Gasteiger charge is 2.06. The summed E-state index contributed by atoms with van der Waals surface area (Å²) < 4.78 is 1.82. The van der Waals surface area contributed by atoms with Crippen molar-refractivity contribution < 1.29 is 0 Å². The van der Waals surface area contributed by atoms with Crippen LogP contribution in [0.5, 0.6) is 0 Å². The summed E-state index contributed by atoms with van der Waals surface area (Å²) in [5, 5.41) is 8.55. The predicted octanol–water partition coefficient (Wildman–Crippen LogP) is 1.53. The van der Waals surface area contributed by atoms with Crippen molar-refractivity contribution in [3.63, 3.8) is 0 Å². The number of nitrogens with zero attached hydrogens (tertiary/aromatic N) is 3. The fourth-order valence-corrected chi connectivity index (χ4v) is 1.49. The van der Waals surface area contributed by atoms with Gasteiger partial charge in [0.25, 0.3) is 0 Å². The molecule has 0 atom stereocenters. The third kappa shape index (κ3) is 1.23. The van der Waals surface area contributed by atoms with E-state index in [0.717, 1.165) is 12.2 Å². The van der Waals surface area contributed by atoms with Crippen molar-refractivity contribution in [3.8, 4) is 0 Å². The number of hydrogen-bond acceptors (Lipinski definition) is 3. The van der Waals surface area contributed by atoms with Crippen LogP contribution in [0.25, 0.3) is 5.65 Å². The number of aromatic nitrogens is 3. The molecule has 2 heterocycles. The van der Waals surface area contributed by atoms with Crippen molar-refractivity contribution in [1.82, 2.24) is 14.6 Å². The van der Waals surface area contributed by atoms with E-state index < -0.39 is 0 Å². The summed E-state index contributed by atoms with van der Waals surface area (Å²) in [6, 6.07) is 1.67. The molecular formula is C8H9ClN4. The quantitative estimate of drug-likeness (QED) is 0.753. The molecule has 4 nitrogen and oxygen atoms in total. The number of halogens is 1. The summed E-state index contributed by atoms with van der Waals surface area (Å²) >= 11 is 5.85. The van der Waals surface area contributed by atoms with E-state index in [1.165, 1.54) is 0 Å². The van der Waals surface area contributed by atoms with E-state index in [9.17, 15) is 0 Å². The molecule has 2 aromatic rings. The Kier molecular flexibility index (Phi) is 1.84. The first-order valence-electron chi connectivity index (χ1n) is 4.01. The van der Waals surface area contributed by atoms with Crippen LogP contribution in [-0.2, 0) is 6.42 Å². The van der Waals surface area contributed by atoms with Crippen molar-refractivity contribution in [1.29, 1.82) is 0 Å². The molecule has 2 N–H and O–H groups in total. The van der Waals surface area contributed by atoms with Gasteiger partial charge in [-0.2, -0.15) is 0 Å². The fourth-order valence-electron chi connectivity index (χ4n) is 1.27. The zero-order chi connectivity index (χ0) is 9.42. The summed E-state index contributed by atoms with van der Waals surface area (Å²) in [7, 11) is 0. The van der Waals surface area contributed by atoms with Crippen molar-refractivity contribution in [2.75, 3.05) is 5.73 Å². The second-order valence-electron chi connectivity index (χ2n) is 2.78. The van der Waals surface area contributed by atoms with Crippen molar-refractivity contribution >= 4 is 22.9 Å². The highest BCUT2D eigenvalue weighted by atomic mass is 35.5. The van der Waals surface area contributed by atoms with E-state index in [1.807, 2.05) is 11.3 Å². The van der Waals surface area contributed by atoms with Crippen LogP contribution < -0.4 is 5.73 Å². The van der Waals surface area contributed by atoms with Gasteiger partial charge in [-0.3, -0.25) is 4.40 Å². The van der Waals surface area contributed by atoms with Crippen LogP contribution in [0.4, 0.5) is 5.69 Å². The molecule has 68 valence electrons. The predicted molar refractivity (Wildman–Crippen MR) is 51.8 cm³/mol. The van der Waals surface area contributed by atoms with Gasteiger partial charge in [0.15, 0.2) is 5.65 Å². The molecule has 0 radical (unpaired) electrons. The van der Waals surface area contributed by atoms with Crippen LogP contribution in [0, 0.1) is 0 Å². The molecule has 5 heteroatoms. The Balaban J connectivity index is 2.82. The van der Waals surface area contributed by atoms with Gasteiger partial charge in [-0.05, 0) is 6.07 Å². The van der Waals surface area contributed by atoms with E-state index in [-0.39, 0.29) is 0 Å². The molecule has 2 aromatic heterocycles. The lowest BCUT2D eigenvalue weighted by Gasteiger charge is -1.99. The average molecular weight is 197 g/mol. The van der Waals surface area contributed by atoms with Crippen LogP contribution in [0.1, 0.15) is 12.7 Å². The largest absolute Gasteiger partial charge is 0.396 e. The zero-order valence-electron chi connectivity index (χ0n) is 7.16. The van der Waals surface area contributed by atoms with Crippen LogP contribution in [0.3, 0.4) is 0 Å². The summed E-state index contributed by atoms with van der Waals surface area (Å²) in [5.74, 6) is 0.865. The first kappa shape index (κ1) is 8.31. The molecular weight excluding hydrogens is 188 g/mol. The Labute approximate surface area is 80.3 Å². The number of nitrogen functional groups attached to an aromatic ring is 1. The van der Waals surface area contributed by atoms with Crippen LogP contribution in [0.2, 0.25) is 5.02 Å². The van der Waals surface area contributed by atoms with Gasteiger partial charge in [-0.1, -0.05) is 18.5 Å². The molecule has 0 unspecified atom stereocenters. The Hall–Kier alpha value is -1.29. The van der Waals surface area contributed by atoms with E-state index in [4.69, 9.17) is 17.3 Å². The minimum absolute atomic E-state index is 0.555. The lowest BCUT2D eigenvalue weighted by molar-refractivity contribution is 0.909. The van der Waals surface area contributed by atoms with Crippen molar-refractivity contribution in [3.05, 3.63) is 23.1 Å². The lowest BCUT2D eigenvalue weighted by Crippen LogP contribution is -1.95. The van der Waals surface area contributed by atoms with E-state index in [0.29, 0.717) is 16.4 Å². The molecule has 0 aliphatic heterocycles. The molecule has 0 saturated heterocycles. The number of pyridine rings is 1. The summed E-state index contributed by atoms with van der Waals surface area (Å²) in [6.45, 7) is 2.01. The average Bonchev–Trinajstić information content (AvgIpc) is 2.47. The first-order valence-corrected chi connectivity index (χ1v) is 4.38. The number of anilines is 1. The fraction of sp³-hybridized carbons (Fsp3) is 0.250. The number of hydrogen-bond donors (Lipinski definition) is 1. The van der Waals surface area contributed by atoms with E-state index >= 15 is 0 Å². The molecule has 0 spiro atoms. The summed E-state index contributed by atoms with van der Waals surface area (Å²) in [4.78, 5) is 0. The van der Waals surface area contributed by atoms with Crippen LogP contribution in [-0.4, -0.2) is 14.6 Å². The van der Waals surface area contributed by atoms with Gasteiger partial charge in [-0.15, -0.1) is 10.2 Å². The Morgan fingerprint density at radius 1 is 1.54 bits per heavy atom. The molecule has 2 rings (SSSR count). The lowest BCUT2D eigenvalue weighted by atomic mass is 10.4. The topological polar surface area (TPSA) is 56.2 Å². The minimum Gasteiger partial charge on any atom is -0.396 e. The van der Waals surface area contributed by atoms with Crippen molar-refractivity contribution in [2.45, 2.75) is 13.3 Å². The third-order valence-electron chi connectivity index (χ3n) is 1.89. The van der Waals surface area contributed by atoms with E-state index in [2.05, 4.69) is 10.2 Å². The molecule has 0 aliphatic carbocycles. The summed E-state index contributed by atoms with van der Waals surface area (Å²) in [5.41, 5.74) is 6.94. The Morgan fingerprint density at radius 2 is 2.31 bits per heavy atom. The second-order valence-corrected chi connectivity index (χ2v) is 3.21. The normalized spacial score (nSPS) is 10.9. The van der Waals surface area contributed by atoms with Gasteiger partial charge in [0.2, 0.25) is 0 Å². The molecule has 13 heavy (non-hydrogen) atoms. The number of nitrogens with two attached hydrogens (primary N) is 1. The highest BCUT2D eigenvalue weighted by molar-refractivity contribution is 6.30. The SMILES string of the molecule is CCc1nnc2c(N)cc(Cl)cn12. The minimum atomic E-state index is 0.555. The van der Waals surface area contributed by atoms with Crippen molar-refractivity contribution in [2.24, 2.45) is 0 Å². The second kappa shape index (κ2) is 2.88. The maximum absolute atomic E-state index is 5.85. The monoisotopic (exact) mass is 196 g/mol. The smallest absolute Gasteiger partial charge is 0.184 e. The molecule has 0 bridgehead atoms. The third-order valence-corrected chi connectivity index (χ3v) is 2.09. The maximum atomic E-state index is 5.85. The standard InChI is InChI=1S/C8H9ClN4/c1-2-7-11-12-8-6(10)3-5(9)4-13(7)8/h3-4H,2,10H2,1H3. The number of aryl methyl sites for hydroxylation is 1. The summed E-state index contributed by atoms with van der Waals surface area (Å²) in [6.07, 6.45) is 2.58. The maximum Gasteiger partial charge on any atom is 0.184 e. The number of rotatable bonds is 1. The highest BCUT2D eigenvalue weighted by Crippen LogP contribution is 2.18. The number of fused-ring (bicyclic) bond motifs is 1. The molecule has 0 amide bonds. The van der Waals surface area contributed by atoms with Gasteiger partial charge >= 0.3 is 0 Å². The van der Waals surface area contributed by atoms with E-state index in [1.54, 1.807) is 12.3 Å². The molecule has 0 saturated carbocycles. The zero-order valence-corrected chi connectivity index (χ0v) is 7.91. The molecule has 0 aliphatic rings. The van der Waals surface area contributed by atoms with Gasteiger partial charge in [0.1, 0.15) is 5.82 Å². The van der Waals surface area contributed by atoms with Crippen LogP contribution in [0.15, 0.2) is 12.3 Å². The van der Waals surface area contributed by atoms with Gasteiger partial charge in [0.05, 0.1) is 10.7 Å². The van der Waals surface area contributed by atoms with Gasteiger partial charge in [0, 0.05) is 12.6 Å².